The highest BCUT2D eigenvalue weighted by Crippen LogP contribution is 2.21. The number of morpholine rings is 1. The van der Waals surface area contributed by atoms with Gasteiger partial charge < -0.3 is 9.47 Å². The monoisotopic (exact) mass is 473 g/mol. The lowest BCUT2D eigenvalue weighted by atomic mass is 10.2. The van der Waals surface area contributed by atoms with Crippen molar-refractivity contribution < 1.29 is 27.1 Å². The summed E-state index contributed by atoms with van der Waals surface area (Å²) in [7, 11) is -3.65. The second-order valence-corrected chi connectivity index (χ2v) is 9.61. The summed E-state index contributed by atoms with van der Waals surface area (Å²) < 4.78 is 52.6. The Morgan fingerprint density at radius 2 is 1.82 bits per heavy atom. The molecule has 4 rings (SSSR count). The van der Waals surface area contributed by atoms with Crippen molar-refractivity contribution in [3.05, 3.63) is 76.9 Å². The van der Waals surface area contributed by atoms with Gasteiger partial charge in [0.05, 0.1) is 35.2 Å². The molecule has 1 fully saturated rings. The van der Waals surface area contributed by atoms with Gasteiger partial charge in [-0.25, -0.2) is 22.3 Å². The molecule has 8 nitrogen and oxygen atoms in total. The first-order valence-corrected chi connectivity index (χ1v) is 11.9. The summed E-state index contributed by atoms with van der Waals surface area (Å²) in [6, 6.07) is 12.2. The van der Waals surface area contributed by atoms with Crippen LogP contribution in [0.4, 0.5) is 4.39 Å². The molecular formula is C23H24FN3O5S. The van der Waals surface area contributed by atoms with E-state index in [0.29, 0.717) is 54.5 Å². The van der Waals surface area contributed by atoms with Gasteiger partial charge in [0.2, 0.25) is 10.0 Å². The van der Waals surface area contributed by atoms with E-state index in [1.807, 2.05) is 0 Å². The van der Waals surface area contributed by atoms with Gasteiger partial charge in [-0.15, -0.1) is 0 Å². The van der Waals surface area contributed by atoms with E-state index in [-0.39, 0.29) is 17.3 Å². The summed E-state index contributed by atoms with van der Waals surface area (Å²) in [6.07, 6.45) is 0. The van der Waals surface area contributed by atoms with Gasteiger partial charge in [0.1, 0.15) is 18.0 Å². The fourth-order valence-electron chi connectivity index (χ4n) is 3.72. The number of sulfonamides is 1. The summed E-state index contributed by atoms with van der Waals surface area (Å²) >= 11 is 0. The third-order valence-electron chi connectivity index (χ3n) is 5.44. The molecule has 2 heterocycles. The van der Waals surface area contributed by atoms with E-state index in [4.69, 9.17) is 9.47 Å². The number of hydrogen-bond donors (Lipinski definition) is 0. The Labute approximate surface area is 191 Å². The van der Waals surface area contributed by atoms with Gasteiger partial charge in [-0.1, -0.05) is 12.1 Å². The zero-order chi connectivity index (χ0) is 23.6. The summed E-state index contributed by atoms with van der Waals surface area (Å²) in [4.78, 5) is 13.0. The highest BCUT2D eigenvalue weighted by molar-refractivity contribution is 7.89. The molecule has 1 aliphatic rings. The third kappa shape index (κ3) is 4.82. The Hall–Kier alpha value is -3.08. The summed E-state index contributed by atoms with van der Waals surface area (Å²) in [5, 5.41) is 4.38. The van der Waals surface area contributed by atoms with Crippen LogP contribution in [0.2, 0.25) is 0 Å². The predicted octanol–water partition coefficient (Wildman–Crippen LogP) is 3.01. The van der Waals surface area contributed by atoms with Crippen LogP contribution in [0.3, 0.4) is 0 Å². The zero-order valence-corrected chi connectivity index (χ0v) is 19.1. The lowest BCUT2D eigenvalue weighted by Crippen LogP contribution is -2.40. The number of carbonyl (C=O) groups excluding carboxylic acids is 1. The van der Waals surface area contributed by atoms with Crippen LogP contribution in [0.15, 0.2) is 53.4 Å². The maximum atomic E-state index is 13.2. The molecule has 0 unspecified atom stereocenters. The average molecular weight is 474 g/mol. The van der Waals surface area contributed by atoms with Gasteiger partial charge in [0, 0.05) is 13.1 Å². The first-order chi connectivity index (χ1) is 15.8. The van der Waals surface area contributed by atoms with E-state index in [0.717, 1.165) is 0 Å². The number of ether oxygens (including phenoxy) is 2. The van der Waals surface area contributed by atoms with Crippen molar-refractivity contribution in [1.82, 2.24) is 14.1 Å². The van der Waals surface area contributed by atoms with Gasteiger partial charge >= 0.3 is 5.97 Å². The van der Waals surface area contributed by atoms with Crippen LogP contribution >= 0.6 is 0 Å². The first-order valence-electron chi connectivity index (χ1n) is 10.4. The summed E-state index contributed by atoms with van der Waals surface area (Å²) in [5.74, 6) is -0.933. The van der Waals surface area contributed by atoms with Crippen LogP contribution in [0, 0.1) is 19.7 Å². The summed E-state index contributed by atoms with van der Waals surface area (Å²) in [6.45, 7) is 4.67. The predicted molar refractivity (Wildman–Crippen MR) is 118 cm³/mol. The van der Waals surface area contributed by atoms with Crippen LogP contribution in [-0.4, -0.2) is 54.8 Å². The average Bonchev–Trinajstić information content (AvgIpc) is 3.12. The van der Waals surface area contributed by atoms with E-state index in [1.165, 1.54) is 28.6 Å². The molecule has 0 saturated carbocycles. The number of aryl methyl sites for hydroxylation is 1. The fraction of sp³-hybridized carbons (Fsp3) is 0.304. The Morgan fingerprint density at radius 1 is 1.12 bits per heavy atom. The molecule has 1 aliphatic heterocycles. The van der Waals surface area contributed by atoms with E-state index in [9.17, 15) is 17.6 Å². The first kappa shape index (κ1) is 23.1. The maximum Gasteiger partial charge on any atom is 0.342 e. The number of carbonyl (C=O) groups is 1. The van der Waals surface area contributed by atoms with Crippen molar-refractivity contribution in [2.45, 2.75) is 25.3 Å². The number of hydrogen-bond acceptors (Lipinski definition) is 6. The largest absolute Gasteiger partial charge is 0.457 e. The molecule has 1 saturated heterocycles. The Kier molecular flexibility index (Phi) is 6.59. The number of esters is 1. The Balaban J connectivity index is 1.50. The standard InChI is InChI=1S/C23H24FN3O5S/c1-16-22(17(2)27(25-16)20-8-6-19(24)7-9-20)23(28)32-15-18-4-3-5-21(14-18)33(29,30)26-10-12-31-13-11-26/h3-9,14H,10-13,15H2,1-2H3. The van der Waals surface area contributed by atoms with Crippen LogP contribution in [-0.2, 0) is 26.1 Å². The number of benzene rings is 2. The molecule has 174 valence electrons. The van der Waals surface area contributed by atoms with E-state index >= 15 is 0 Å². The van der Waals surface area contributed by atoms with Gasteiger partial charge in [-0.2, -0.15) is 9.40 Å². The molecule has 0 amide bonds. The van der Waals surface area contributed by atoms with Crippen molar-refractivity contribution >= 4 is 16.0 Å². The normalized spacial score (nSPS) is 14.9. The highest BCUT2D eigenvalue weighted by atomic mass is 32.2. The number of rotatable bonds is 6. The van der Waals surface area contributed by atoms with Gasteiger partial charge in [-0.3, -0.25) is 0 Å². The van der Waals surface area contributed by atoms with Gasteiger partial charge in [-0.05, 0) is 55.8 Å². The molecule has 10 heteroatoms. The zero-order valence-electron chi connectivity index (χ0n) is 18.3. The second kappa shape index (κ2) is 9.42. The minimum Gasteiger partial charge on any atom is -0.457 e. The van der Waals surface area contributed by atoms with Crippen LogP contribution < -0.4 is 0 Å². The lowest BCUT2D eigenvalue weighted by Gasteiger charge is -2.26. The van der Waals surface area contributed by atoms with Crippen LogP contribution in [0.25, 0.3) is 5.69 Å². The topological polar surface area (TPSA) is 90.7 Å². The number of nitrogens with zero attached hydrogens (tertiary/aromatic N) is 3. The lowest BCUT2D eigenvalue weighted by molar-refractivity contribution is 0.0470. The smallest absolute Gasteiger partial charge is 0.342 e. The maximum absolute atomic E-state index is 13.2. The molecule has 0 atom stereocenters. The molecule has 0 spiro atoms. The van der Waals surface area contributed by atoms with Crippen molar-refractivity contribution in [3.8, 4) is 5.69 Å². The molecular weight excluding hydrogens is 449 g/mol. The van der Waals surface area contributed by atoms with Crippen LogP contribution in [0.1, 0.15) is 27.3 Å². The number of aromatic nitrogens is 2. The quantitative estimate of drug-likeness (QED) is 0.511. The molecule has 0 aliphatic carbocycles. The Bertz CT molecular complexity index is 1270. The van der Waals surface area contributed by atoms with Crippen molar-refractivity contribution in [2.24, 2.45) is 0 Å². The molecule has 2 aromatic carbocycles. The van der Waals surface area contributed by atoms with Gasteiger partial charge in [0.15, 0.2) is 0 Å². The van der Waals surface area contributed by atoms with Crippen molar-refractivity contribution in [3.63, 3.8) is 0 Å². The van der Waals surface area contributed by atoms with E-state index in [1.54, 1.807) is 42.8 Å². The minimum atomic E-state index is -3.65. The molecule has 3 aromatic rings. The Morgan fingerprint density at radius 3 is 2.52 bits per heavy atom. The van der Waals surface area contributed by atoms with Crippen molar-refractivity contribution in [2.75, 3.05) is 26.3 Å². The molecule has 0 N–H and O–H groups in total. The molecule has 0 radical (unpaired) electrons. The third-order valence-corrected chi connectivity index (χ3v) is 7.34. The van der Waals surface area contributed by atoms with Crippen molar-refractivity contribution in [1.29, 1.82) is 0 Å². The minimum absolute atomic E-state index is 0.0914. The van der Waals surface area contributed by atoms with Gasteiger partial charge in [0.25, 0.3) is 0 Å². The van der Waals surface area contributed by atoms with E-state index < -0.39 is 16.0 Å². The van der Waals surface area contributed by atoms with E-state index in [2.05, 4.69) is 5.10 Å². The fourth-order valence-corrected chi connectivity index (χ4v) is 5.20. The highest BCUT2D eigenvalue weighted by Gasteiger charge is 2.26. The molecule has 0 bridgehead atoms. The number of halogens is 1. The summed E-state index contributed by atoms with van der Waals surface area (Å²) in [5.41, 5.74) is 2.53. The van der Waals surface area contributed by atoms with Crippen LogP contribution in [0.5, 0.6) is 0 Å². The SMILES string of the molecule is Cc1nn(-c2ccc(F)cc2)c(C)c1C(=O)OCc1cccc(S(=O)(=O)N2CCOCC2)c1. The second-order valence-electron chi connectivity index (χ2n) is 7.67. The molecule has 33 heavy (non-hydrogen) atoms. The molecule has 1 aromatic heterocycles.